The third-order valence-electron chi connectivity index (χ3n) is 9.76. The Morgan fingerprint density at radius 3 is 1.41 bits per heavy atom. The zero-order chi connectivity index (χ0) is 32.3. The highest BCUT2D eigenvalue weighted by Gasteiger charge is 2.18. The molecule has 0 radical (unpaired) electrons. The monoisotopic (exact) mass is 623 g/mol. The van der Waals surface area contributed by atoms with Crippen molar-refractivity contribution in [3.8, 4) is 39.3 Å². The van der Waals surface area contributed by atoms with E-state index >= 15 is 0 Å². The molecule has 0 aliphatic carbocycles. The fourth-order valence-electron chi connectivity index (χ4n) is 7.46. The summed E-state index contributed by atoms with van der Waals surface area (Å²) >= 11 is 0. The van der Waals surface area contributed by atoms with Gasteiger partial charge in [-0.3, -0.25) is 0 Å². The Balaban J connectivity index is 1.12. The Bertz CT molecular complexity index is 2760. The predicted octanol–water partition coefficient (Wildman–Crippen LogP) is 12.0. The van der Waals surface area contributed by atoms with Crippen LogP contribution in [0.3, 0.4) is 0 Å². The van der Waals surface area contributed by atoms with Crippen LogP contribution in [0.4, 0.5) is 0 Å². The van der Waals surface area contributed by atoms with E-state index in [1.807, 2.05) is 24.3 Å². The van der Waals surface area contributed by atoms with Crippen molar-refractivity contribution in [1.82, 2.24) is 14.5 Å². The molecule has 2 aromatic heterocycles. The summed E-state index contributed by atoms with van der Waals surface area (Å²) < 4.78 is 2.41. The maximum Gasteiger partial charge on any atom is 0.0973 e. The van der Waals surface area contributed by atoms with Gasteiger partial charge < -0.3 is 4.57 Å². The van der Waals surface area contributed by atoms with Gasteiger partial charge in [-0.1, -0.05) is 140 Å². The lowest BCUT2D eigenvalue weighted by atomic mass is 10.00. The molecule has 0 spiro atoms. The third-order valence-corrected chi connectivity index (χ3v) is 9.76. The van der Waals surface area contributed by atoms with E-state index in [2.05, 4.69) is 156 Å². The van der Waals surface area contributed by atoms with E-state index in [1.165, 1.54) is 43.4 Å². The van der Waals surface area contributed by atoms with Gasteiger partial charge in [0.1, 0.15) is 0 Å². The standard InChI is InChI=1S/C46H29N3/c1-3-13-33(14-4-1)45-46(34-15-5-2-6-16-34)48-40-29-35(21-26-39(40)47-45)30-19-24-36(25-20-30)49-41-27-22-31-11-7-9-17-37(31)43(41)44-38-18-10-8-12-32(38)23-28-42(44)49/h1-29H. The van der Waals surface area contributed by atoms with Gasteiger partial charge in [0.15, 0.2) is 0 Å². The zero-order valence-corrected chi connectivity index (χ0v) is 26.6. The average Bonchev–Trinajstić information content (AvgIpc) is 3.53. The van der Waals surface area contributed by atoms with Crippen molar-refractivity contribution in [2.24, 2.45) is 0 Å². The van der Waals surface area contributed by atoms with Crippen molar-refractivity contribution in [1.29, 1.82) is 0 Å². The van der Waals surface area contributed by atoms with Gasteiger partial charge in [0.2, 0.25) is 0 Å². The molecule has 3 nitrogen and oxygen atoms in total. The van der Waals surface area contributed by atoms with Gasteiger partial charge in [-0.05, 0) is 69.1 Å². The summed E-state index contributed by atoms with van der Waals surface area (Å²) in [6, 6.07) is 62.5. The Morgan fingerprint density at radius 2 is 0.837 bits per heavy atom. The molecule has 49 heavy (non-hydrogen) atoms. The summed E-state index contributed by atoms with van der Waals surface area (Å²) in [5, 5.41) is 7.65. The SMILES string of the molecule is c1ccc(-c2nc3ccc(-c4ccc(-n5c6ccc7ccccc7c6c6c7ccccc7ccc65)cc4)cc3nc2-c2ccccc2)cc1. The first-order valence-electron chi connectivity index (χ1n) is 16.7. The van der Waals surface area contributed by atoms with Crippen molar-refractivity contribution < 1.29 is 0 Å². The minimum Gasteiger partial charge on any atom is -0.309 e. The van der Waals surface area contributed by atoms with E-state index in [0.29, 0.717) is 0 Å². The van der Waals surface area contributed by atoms with Crippen LogP contribution in [0.25, 0.3) is 93.7 Å². The summed E-state index contributed by atoms with van der Waals surface area (Å²) in [6.07, 6.45) is 0. The van der Waals surface area contributed by atoms with E-state index < -0.39 is 0 Å². The van der Waals surface area contributed by atoms with Crippen molar-refractivity contribution in [3.63, 3.8) is 0 Å². The van der Waals surface area contributed by atoms with E-state index in [9.17, 15) is 0 Å². The number of aromatic nitrogens is 3. The van der Waals surface area contributed by atoms with Crippen LogP contribution in [-0.2, 0) is 0 Å². The molecular weight excluding hydrogens is 595 g/mol. The summed E-state index contributed by atoms with van der Waals surface area (Å²) in [6.45, 7) is 0. The third kappa shape index (κ3) is 4.44. The van der Waals surface area contributed by atoms with Gasteiger partial charge in [0.25, 0.3) is 0 Å². The normalized spacial score (nSPS) is 11.7. The molecule has 2 heterocycles. The maximum atomic E-state index is 5.22. The lowest BCUT2D eigenvalue weighted by Gasteiger charge is -2.12. The predicted molar refractivity (Wildman–Crippen MR) is 205 cm³/mol. The Labute approximate surface area is 283 Å². The molecular formula is C46H29N3. The minimum absolute atomic E-state index is 0.876. The largest absolute Gasteiger partial charge is 0.309 e. The molecule has 3 heteroatoms. The first-order chi connectivity index (χ1) is 24.3. The summed E-state index contributed by atoms with van der Waals surface area (Å²) in [5.41, 5.74) is 11.4. The van der Waals surface area contributed by atoms with Crippen LogP contribution in [0.15, 0.2) is 176 Å². The number of hydrogen-bond acceptors (Lipinski definition) is 2. The van der Waals surface area contributed by atoms with Crippen molar-refractivity contribution in [2.45, 2.75) is 0 Å². The Kier molecular flexibility index (Phi) is 6.18. The molecule has 0 amide bonds. The summed E-state index contributed by atoms with van der Waals surface area (Å²) in [5.74, 6) is 0. The zero-order valence-electron chi connectivity index (χ0n) is 26.6. The molecule has 0 atom stereocenters. The van der Waals surface area contributed by atoms with Gasteiger partial charge in [-0.25, -0.2) is 9.97 Å². The number of benzene rings is 8. The number of nitrogens with zero attached hydrogens (tertiary/aromatic N) is 3. The van der Waals surface area contributed by atoms with Crippen LogP contribution in [0.1, 0.15) is 0 Å². The molecule has 10 rings (SSSR count). The highest BCUT2D eigenvalue weighted by atomic mass is 15.0. The molecule has 0 saturated carbocycles. The average molecular weight is 624 g/mol. The Morgan fingerprint density at radius 1 is 0.347 bits per heavy atom. The van der Waals surface area contributed by atoms with Crippen molar-refractivity contribution >= 4 is 54.4 Å². The van der Waals surface area contributed by atoms with Crippen LogP contribution < -0.4 is 0 Å². The van der Waals surface area contributed by atoms with Gasteiger partial charge >= 0.3 is 0 Å². The second kappa shape index (κ2) is 11.0. The first-order valence-corrected chi connectivity index (χ1v) is 16.7. The lowest BCUT2D eigenvalue weighted by Crippen LogP contribution is -1.96. The number of fused-ring (bicyclic) bond motifs is 8. The molecule has 0 saturated heterocycles. The minimum atomic E-state index is 0.876. The molecule has 0 bridgehead atoms. The fraction of sp³-hybridized carbons (Fsp3) is 0. The molecule has 0 aliphatic rings. The summed E-state index contributed by atoms with van der Waals surface area (Å²) in [4.78, 5) is 10.4. The van der Waals surface area contributed by atoms with E-state index in [1.54, 1.807) is 0 Å². The first kappa shape index (κ1) is 27.5. The van der Waals surface area contributed by atoms with Crippen molar-refractivity contribution in [3.05, 3.63) is 176 Å². The lowest BCUT2D eigenvalue weighted by molar-refractivity contribution is 1.18. The van der Waals surface area contributed by atoms with Crippen LogP contribution in [0.2, 0.25) is 0 Å². The fourth-order valence-corrected chi connectivity index (χ4v) is 7.46. The van der Waals surface area contributed by atoms with Gasteiger partial charge in [-0.2, -0.15) is 0 Å². The number of rotatable bonds is 4. The highest BCUT2D eigenvalue weighted by Crippen LogP contribution is 2.41. The molecule has 228 valence electrons. The molecule has 8 aromatic carbocycles. The molecule has 10 aromatic rings. The molecule has 0 N–H and O–H groups in total. The topological polar surface area (TPSA) is 30.7 Å². The van der Waals surface area contributed by atoms with Crippen LogP contribution in [0, 0.1) is 0 Å². The number of hydrogen-bond donors (Lipinski definition) is 0. The Hall–Kier alpha value is -6.58. The van der Waals surface area contributed by atoms with Gasteiger partial charge in [0, 0.05) is 27.6 Å². The summed E-state index contributed by atoms with van der Waals surface area (Å²) in [7, 11) is 0. The second-order valence-corrected chi connectivity index (χ2v) is 12.6. The van der Waals surface area contributed by atoms with Crippen LogP contribution >= 0.6 is 0 Å². The highest BCUT2D eigenvalue weighted by molar-refractivity contribution is 6.28. The second-order valence-electron chi connectivity index (χ2n) is 12.6. The van der Waals surface area contributed by atoms with Crippen LogP contribution in [0.5, 0.6) is 0 Å². The maximum absolute atomic E-state index is 5.22. The van der Waals surface area contributed by atoms with E-state index in [-0.39, 0.29) is 0 Å². The smallest absolute Gasteiger partial charge is 0.0973 e. The van der Waals surface area contributed by atoms with E-state index in [0.717, 1.165) is 50.4 Å². The van der Waals surface area contributed by atoms with Crippen molar-refractivity contribution in [2.75, 3.05) is 0 Å². The van der Waals surface area contributed by atoms with E-state index in [4.69, 9.17) is 9.97 Å². The molecule has 0 unspecified atom stereocenters. The van der Waals surface area contributed by atoms with Crippen LogP contribution in [-0.4, -0.2) is 14.5 Å². The van der Waals surface area contributed by atoms with Gasteiger partial charge in [-0.15, -0.1) is 0 Å². The van der Waals surface area contributed by atoms with Gasteiger partial charge in [0.05, 0.1) is 33.5 Å². The molecule has 0 fully saturated rings. The molecule has 0 aliphatic heterocycles. The quantitative estimate of drug-likeness (QED) is 0.195.